The van der Waals surface area contributed by atoms with Gasteiger partial charge in [0.15, 0.2) is 11.6 Å². The number of halogens is 2. The lowest BCUT2D eigenvalue weighted by Gasteiger charge is -2.37. The van der Waals surface area contributed by atoms with Gasteiger partial charge < -0.3 is 10.2 Å². The fourth-order valence-corrected chi connectivity index (χ4v) is 2.45. The van der Waals surface area contributed by atoms with Gasteiger partial charge in [0.05, 0.1) is 0 Å². The highest BCUT2D eigenvalue weighted by Crippen LogP contribution is 2.24. The molecule has 1 aliphatic rings. The van der Waals surface area contributed by atoms with Crippen LogP contribution in [0.1, 0.15) is 13.3 Å². The van der Waals surface area contributed by atoms with Gasteiger partial charge in [-0.1, -0.05) is 6.92 Å². The van der Waals surface area contributed by atoms with Crippen LogP contribution in [0.25, 0.3) is 0 Å². The zero-order valence-electron chi connectivity index (χ0n) is 10.2. The molecule has 94 valence electrons. The molecule has 0 bridgehead atoms. The molecule has 1 aliphatic heterocycles. The fraction of sp³-hybridized carbons (Fsp3) is 0.538. The second kappa shape index (κ2) is 5.00. The van der Waals surface area contributed by atoms with Crippen LogP contribution in [0.2, 0.25) is 0 Å². The quantitative estimate of drug-likeness (QED) is 0.854. The van der Waals surface area contributed by atoms with Crippen LogP contribution in [0.3, 0.4) is 0 Å². The molecule has 1 heterocycles. The predicted octanol–water partition coefficient (Wildman–Crippen LogP) is 2.40. The topological polar surface area (TPSA) is 15.3 Å². The molecule has 0 radical (unpaired) electrons. The Hall–Kier alpha value is -1.16. The van der Waals surface area contributed by atoms with Crippen molar-refractivity contribution >= 4 is 5.69 Å². The maximum Gasteiger partial charge on any atom is 0.160 e. The Labute approximate surface area is 101 Å². The van der Waals surface area contributed by atoms with Crippen LogP contribution in [-0.4, -0.2) is 26.2 Å². The maximum absolute atomic E-state index is 13.2. The van der Waals surface area contributed by atoms with Gasteiger partial charge in [-0.2, -0.15) is 0 Å². The second-order valence-electron chi connectivity index (χ2n) is 4.83. The molecule has 0 aromatic heterocycles. The van der Waals surface area contributed by atoms with E-state index in [1.165, 1.54) is 12.1 Å². The summed E-state index contributed by atoms with van der Waals surface area (Å²) in [6.45, 7) is 3.91. The van der Waals surface area contributed by atoms with Crippen LogP contribution < -0.4 is 10.2 Å². The molecule has 2 atom stereocenters. The minimum absolute atomic E-state index is 0.409. The standard InChI is InChI=1S/C13H18F2N2/c1-9-5-10(16-2)8-17(7-9)11-3-4-12(14)13(15)6-11/h3-4,6,9-10,16H,5,7-8H2,1-2H3. The Kier molecular flexibility index (Phi) is 3.62. The largest absolute Gasteiger partial charge is 0.370 e. The van der Waals surface area contributed by atoms with E-state index in [0.29, 0.717) is 12.0 Å². The normalized spacial score (nSPS) is 25.1. The van der Waals surface area contributed by atoms with E-state index in [0.717, 1.165) is 25.2 Å². The first-order chi connectivity index (χ1) is 8.10. The van der Waals surface area contributed by atoms with Crippen LogP contribution >= 0.6 is 0 Å². The summed E-state index contributed by atoms with van der Waals surface area (Å²) >= 11 is 0. The number of likely N-dealkylation sites (N-methyl/N-ethyl adjacent to an activating group) is 1. The Balaban J connectivity index is 2.17. The SMILES string of the molecule is CNC1CC(C)CN(c2ccc(F)c(F)c2)C1. The van der Waals surface area contributed by atoms with Gasteiger partial charge in [0, 0.05) is 30.9 Å². The molecule has 1 saturated heterocycles. The van der Waals surface area contributed by atoms with E-state index in [1.54, 1.807) is 6.07 Å². The smallest absolute Gasteiger partial charge is 0.160 e. The van der Waals surface area contributed by atoms with Crippen LogP contribution in [0, 0.1) is 17.6 Å². The second-order valence-corrected chi connectivity index (χ2v) is 4.83. The minimum atomic E-state index is -0.788. The van der Waals surface area contributed by atoms with Crippen molar-refractivity contribution < 1.29 is 8.78 Å². The van der Waals surface area contributed by atoms with E-state index >= 15 is 0 Å². The van der Waals surface area contributed by atoms with Gasteiger partial charge in [0.1, 0.15) is 0 Å². The van der Waals surface area contributed by atoms with E-state index in [-0.39, 0.29) is 0 Å². The summed E-state index contributed by atoms with van der Waals surface area (Å²) in [7, 11) is 1.94. The number of piperidine rings is 1. The first-order valence-electron chi connectivity index (χ1n) is 5.97. The molecule has 0 spiro atoms. The Morgan fingerprint density at radius 2 is 2.00 bits per heavy atom. The van der Waals surface area contributed by atoms with E-state index in [2.05, 4.69) is 17.1 Å². The van der Waals surface area contributed by atoms with Crippen molar-refractivity contribution in [1.82, 2.24) is 5.32 Å². The van der Waals surface area contributed by atoms with Crippen LogP contribution in [0.4, 0.5) is 14.5 Å². The maximum atomic E-state index is 13.2. The van der Waals surface area contributed by atoms with E-state index in [4.69, 9.17) is 0 Å². The number of benzene rings is 1. The molecule has 0 saturated carbocycles. The highest BCUT2D eigenvalue weighted by atomic mass is 19.2. The number of nitrogens with one attached hydrogen (secondary N) is 1. The number of nitrogens with zero attached hydrogens (tertiary/aromatic N) is 1. The summed E-state index contributed by atoms with van der Waals surface area (Å²) in [4.78, 5) is 2.11. The van der Waals surface area contributed by atoms with Crippen molar-refractivity contribution in [3.05, 3.63) is 29.8 Å². The molecule has 17 heavy (non-hydrogen) atoms. The van der Waals surface area contributed by atoms with E-state index in [1.807, 2.05) is 7.05 Å². The molecule has 2 rings (SSSR count). The fourth-order valence-electron chi connectivity index (χ4n) is 2.45. The third-order valence-electron chi connectivity index (χ3n) is 3.34. The lowest BCUT2D eigenvalue weighted by molar-refractivity contribution is 0.366. The number of anilines is 1. The number of rotatable bonds is 2. The number of hydrogen-bond acceptors (Lipinski definition) is 2. The van der Waals surface area contributed by atoms with Gasteiger partial charge in [-0.05, 0) is 31.5 Å². The zero-order chi connectivity index (χ0) is 12.4. The Morgan fingerprint density at radius 1 is 1.24 bits per heavy atom. The Morgan fingerprint density at radius 3 is 2.65 bits per heavy atom. The highest BCUT2D eigenvalue weighted by Gasteiger charge is 2.24. The molecule has 4 heteroatoms. The summed E-state index contributed by atoms with van der Waals surface area (Å²) in [5.74, 6) is -1.01. The highest BCUT2D eigenvalue weighted by molar-refractivity contribution is 5.47. The van der Waals surface area contributed by atoms with Crippen molar-refractivity contribution in [2.75, 3.05) is 25.0 Å². The molecule has 1 aromatic rings. The lowest BCUT2D eigenvalue weighted by Crippen LogP contribution is -2.47. The summed E-state index contributed by atoms with van der Waals surface area (Å²) in [6, 6.07) is 4.52. The van der Waals surface area contributed by atoms with Gasteiger partial charge in [-0.3, -0.25) is 0 Å². The molecule has 2 unspecified atom stereocenters. The lowest BCUT2D eigenvalue weighted by atomic mass is 9.95. The third kappa shape index (κ3) is 2.75. The molecular formula is C13H18F2N2. The summed E-state index contributed by atoms with van der Waals surface area (Å²) < 4.78 is 26.1. The molecule has 1 N–H and O–H groups in total. The van der Waals surface area contributed by atoms with Gasteiger partial charge >= 0.3 is 0 Å². The van der Waals surface area contributed by atoms with Crippen molar-refractivity contribution in [2.24, 2.45) is 5.92 Å². The summed E-state index contributed by atoms with van der Waals surface area (Å²) in [5.41, 5.74) is 0.760. The van der Waals surface area contributed by atoms with Gasteiger partial charge in [-0.25, -0.2) is 8.78 Å². The van der Waals surface area contributed by atoms with Crippen molar-refractivity contribution in [1.29, 1.82) is 0 Å². The minimum Gasteiger partial charge on any atom is -0.370 e. The zero-order valence-corrected chi connectivity index (χ0v) is 10.2. The van der Waals surface area contributed by atoms with E-state index < -0.39 is 11.6 Å². The molecule has 0 amide bonds. The number of hydrogen-bond donors (Lipinski definition) is 1. The molecule has 0 aliphatic carbocycles. The monoisotopic (exact) mass is 240 g/mol. The average Bonchev–Trinajstić information content (AvgIpc) is 2.32. The average molecular weight is 240 g/mol. The van der Waals surface area contributed by atoms with Crippen LogP contribution in [-0.2, 0) is 0 Å². The van der Waals surface area contributed by atoms with Crippen LogP contribution in [0.5, 0.6) is 0 Å². The van der Waals surface area contributed by atoms with Crippen molar-refractivity contribution in [3.8, 4) is 0 Å². The van der Waals surface area contributed by atoms with Crippen LogP contribution in [0.15, 0.2) is 18.2 Å². The van der Waals surface area contributed by atoms with Gasteiger partial charge in [0.2, 0.25) is 0 Å². The third-order valence-corrected chi connectivity index (χ3v) is 3.34. The molecule has 1 aromatic carbocycles. The summed E-state index contributed by atoms with van der Waals surface area (Å²) in [6.07, 6.45) is 1.12. The predicted molar refractivity (Wildman–Crippen MR) is 65.2 cm³/mol. The van der Waals surface area contributed by atoms with Crippen molar-refractivity contribution in [2.45, 2.75) is 19.4 Å². The van der Waals surface area contributed by atoms with Gasteiger partial charge in [-0.15, -0.1) is 0 Å². The molecule has 2 nitrogen and oxygen atoms in total. The van der Waals surface area contributed by atoms with Crippen molar-refractivity contribution in [3.63, 3.8) is 0 Å². The van der Waals surface area contributed by atoms with E-state index in [9.17, 15) is 8.78 Å². The molecular weight excluding hydrogens is 222 g/mol. The Bertz CT molecular complexity index is 395. The first kappa shape index (κ1) is 12.3. The first-order valence-corrected chi connectivity index (χ1v) is 5.97. The van der Waals surface area contributed by atoms with Gasteiger partial charge in [0.25, 0.3) is 0 Å². The summed E-state index contributed by atoms with van der Waals surface area (Å²) in [5, 5.41) is 3.25. The molecule has 1 fully saturated rings.